The van der Waals surface area contributed by atoms with Gasteiger partial charge in [0.1, 0.15) is 0 Å². The Balaban J connectivity index is 2.03. The zero-order chi connectivity index (χ0) is 13.7. The Morgan fingerprint density at radius 1 is 1.26 bits per heavy atom. The van der Waals surface area contributed by atoms with Crippen molar-refractivity contribution in [3.05, 3.63) is 35.7 Å². The van der Waals surface area contributed by atoms with E-state index in [1.807, 2.05) is 12.1 Å². The van der Waals surface area contributed by atoms with E-state index in [1.54, 1.807) is 0 Å². The highest BCUT2D eigenvalue weighted by atomic mass is 16.4. The third-order valence-corrected chi connectivity index (χ3v) is 3.03. The Bertz CT molecular complexity index is 522. The zero-order valence-corrected chi connectivity index (χ0v) is 11.9. The first-order valence-electron chi connectivity index (χ1n) is 6.77. The molecule has 0 fully saturated rings. The number of hydrogen-bond acceptors (Lipinski definition) is 4. The molecule has 0 radical (unpaired) electrons. The fourth-order valence-electron chi connectivity index (χ4n) is 1.95. The van der Waals surface area contributed by atoms with Crippen LogP contribution in [-0.2, 0) is 6.54 Å². The molecule has 102 valence electrons. The number of benzene rings is 1. The minimum Gasteiger partial charge on any atom is -0.419 e. The molecular formula is C15H21N3O. The predicted octanol–water partition coefficient (Wildman–Crippen LogP) is 3.28. The topological polar surface area (TPSA) is 42.2 Å². The third-order valence-electron chi connectivity index (χ3n) is 3.03. The van der Waals surface area contributed by atoms with Gasteiger partial charge in [0.05, 0.1) is 6.54 Å². The fraction of sp³-hybridized carbons (Fsp3) is 0.467. The van der Waals surface area contributed by atoms with Gasteiger partial charge in [-0.1, -0.05) is 31.0 Å². The van der Waals surface area contributed by atoms with E-state index in [0.717, 1.165) is 12.1 Å². The maximum Gasteiger partial charge on any atom is 0.247 e. The number of aromatic nitrogens is 2. The van der Waals surface area contributed by atoms with E-state index in [4.69, 9.17) is 4.42 Å². The lowest BCUT2D eigenvalue weighted by Gasteiger charge is -2.12. The zero-order valence-electron chi connectivity index (χ0n) is 11.9. The van der Waals surface area contributed by atoms with Gasteiger partial charge < -0.3 is 4.42 Å². The first-order valence-corrected chi connectivity index (χ1v) is 6.77. The Morgan fingerprint density at radius 3 is 2.84 bits per heavy atom. The summed E-state index contributed by atoms with van der Waals surface area (Å²) in [5, 5.41) is 8.23. The summed E-state index contributed by atoms with van der Waals surface area (Å²) >= 11 is 0. The van der Waals surface area contributed by atoms with Gasteiger partial charge in [-0.2, -0.15) is 0 Å². The summed E-state index contributed by atoms with van der Waals surface area (Å²) in [6.07, 6.45) is 2.39. The number of aryl methyl sites for hydroxylation is 1. The molecule has 0 saturated carbocycles. The highest BCUT2D eigenvalue weighted by Crippen LogP contribution is 2.19. The Labute approximate surface area is 114 Å². The summed E-state index contributed by atoms with van der Waals surface area (Å²) in [6, 6.07) is 8.10. The van der Waals surface area contributed by atoms with Crippen LogP contribution < -0.4 is 0 Å². The van der Waals surface area contributed by atoms with Crippen LogP contribution in [0.25, 0.3) is 11.5 Å². The molecule has 1 aromatic heterocycles. The highest BCUT2D eigenvalue weighted by Gasteiger charge is 2.10. The number of rotatable bonds is 6. The largest absolute Gasteiger partial charge is 0.419 e. The molecule has 2 aromatic rings. The Hall–Kier alpha value is -1.68. The van der Waals surface area contributed by atoms with Gasteiger partial charge in [0, 0.05) is 5.56 Å². The lowest BCUT2D eigenvalue weighted by atomic mass is 10.1. The molecule has 4 nitrogen and oxygen atoms in total. The molecule has 2 rings (SSSR count). The number of nitrogens with zero attached hydrogens (tertiary/aromatic N) is 3. The quantitative estimate of drug-likeness (QED) is 0.798. The van der Waals surface area contributed by atoms with Crippen molar-refractivity contribution in [2.24, 2.45) is 0 Å². The SMILES string of the molecule is CCCCN(C)Cc1nnc(-c2cccc(C)c2)o1. The molecule has 0 saturated heterocycles. The predicted molar refractivity (Wildman–Crippen MR) is 75.7 cm³/mol. The van der Waals surface area contributed by atoms with Gasteiger partial charge in [0.2, 0.25) is 11.8 Å². The Kier molecular flexibility index (Phi) is 4.68. The summed E-state index contributed by atoms with van der Waals surface area (Å²) in [6.45, 7) is 6.01. The second kappa shape index (κ2) is 6.48. The highest BCUT2D eigenvalue weighted by molar-refractivity contribution is 5.53. The molecule has 0 spiro atoms. The smallest absolute Gasteiger partial charge is 0.247 e. The van der Waals surface area contributed by atoms with Crippen LogP contribution in [0.5, 0.6) is 0 Å². The van der Waals surface area contributed by atoms with Crippen molar-refractivity contribution in [2.45, 2.75) is 33.2 Å². The van der Waals surface area contributed by atoms with Gasteiger partial charge in [-0.25, -0.2) is 0 Å². The van der Waals surface area contributed by atoms with E-state index in [1.165, 1.54) is 18.4 Å². The van der Waals surface area contributed by atoms with Crippen LogP contribution >= 0.6 is 0 Å². The average molecular weight is 259 g/mol. The average Bonchev–Trinajstić information content (AvgIpc) is 2.85. The van der Waals surface area contributed by atoms with Crippen LogP contribution in [0.2, 0.25) is 0 Å². The lowest BCUT2D eigenvalue weighted by Crippen LogP contribution is -2.19. The van der Waals surface area contributed by atoms with Crippen LogP contribution in [0.4, 0.5) is 0 Å². The normalized spacial score (nSPS) is 11.2. The molecule has 0 N–H and O–H groups in total. The van der Waals surface area contributed by atoms with E-state index in [9.17, 15) is 0 Å². The summed E-state index contributed by atoms with van der Waals surface area (Å²) in [5.41, 5.74) is 2.17. The van der Waals surface area contributed by atoms with Crippen molar-refractivity contribution in [2.75, 3.05) is 13.6 Å². The van der Waals surface area contributed by atoms with Gasteiger partial charge in [-0.05, 0) is 39.1 Å². The molecular weight excluding hydrogens is 238 g/mol. The van der Waals surface area contributed by atoms with Crippen molar-refractivity contribution >= 4 is 0 Å². The molecule has 0 aliphatic carbocycles. The molecule has 1 aromatic carbocycles. The molecule has 0 aliphatic rings. The van der Waals surface area contributed by atoms with E-state index >= 15 is 0 Å². The summed E-state index contributed by atoms with van der Waals surface area (Å²) < 4.78 is 5.71. The molecule has 4 heteroatoms. The van der Waals surface area contributed by atoms with Crippen LogP contribution in [0, 0.1) is 6.92 Å². The van der Waals surface area contributed by atoms with E-state index in [2.05, 4.69) is 48.1 Å². The molecule has 1 heterocycles. The van der Waals surface area contributed by atoms with Gasteiger partial charge >= 0.3 is 0 Å². The lowest BCUT2D eigenvalue weighted by molar-refractivity contribution is 0.286. The van der Waals surface area contributed by atoms with Crippen molar-refractivity contribution < 1.29 is 4.42 Å². The standard InChI is InChI=1S/C15H21N3O/c1-4-5-9-18(3)11-14-16-17-15(19-14)13-8-6-7-12(2)10-13/h6-8,10H,4-5,9,11H2,1-3H3. The van der Waals surface area contributed by atoms with Gasteiger partial charge in [0.15, 0.2) is 0 Å². The van der Waals surface area contributed by atoms with E-state index in [0.29, 0.717) is 18.3 Å². The molecule has 0 bridgehead atoms. The molecule has 19 heavy (non-hydrogen) atoms. The first kappa shape index (κ1) is 13.7. The Morgan fingerprint density at radius 2 is 2.11 bits per heavy atom. The maximum atomic E-state index is 5.71. The molecule has 0 aliphatic heterocycles. The van der Waals surface area contributed by atoms with Crippen LogP contribution in [0.3, 0.4) is 0 Å². The van der Waals surface area contributed by atoms with Crippen molar-refractivity contribution in [3.8, 4) is 11.5 Å². The second-order valence-corrected chi connectivity index (χ2v) is 4.96. The maximum absolute atomic E-state index is 5.71. The van der Waals surface area contributed by atoms with Gasteiger partial charge in [-0.3, -0.25) is 4.90 Å². The molecule has 0 atom stereocenters. The van der Waals surface area contributed by atoms with Crippen LogP contribution in [0.1, 0.15) is 31.2 Å². The second-order valence-electron chi connectivity index (χ2n) is 4.96. The monoisotopic (exact) mass is 259 g/mol. The summed E-state index contributed by atoms with van der Waals surface area (Å²) in [5.74, 6) is 1.28. The van der Waals surface area contributed by atoms with Gasteiger partial charge in [0.25, 0.3) is 0 Å². The van der Waals surface area contributed by atoms with Crippen LogP contribution in [-0.4, -0.2) is 28.7 Å². The van der Waals surface area contributed by atoms with Crippen molar-refractivity contribution in [1.82, 2.24) is 15.1 Å². The first-order chi connectivity index (χ1) is 9.19. The minimum atomic E-state index is 0.600. The number of unbranched alkanes of at least 4 members (excludes halogenated alkanes) is 1. The molecule has 0 unspecified atom stereocenters. The fourth-order valence-corrected chi connectivity index (χ4v) is 1.95. The summed E-state index contributed by atoms with van der Waals surface area (Å²) in [7, 11) is 2.08. The minimum absolute atomic E-state index is 0.600. The van der Waals surface area contributed by atoms with Crippen molar-refractivity contribution in [1.29, 1.82) is 0 Å². The van der Waals surface area contributed by atoms with E-state index < -0.39 is 0 Å². The number of hydrogen-bond donors (Lipinski definition) is 0. The molecule has 0 amide bonds. The van der Waals surface area contributed by atoms with Gasteiger partial charge in [-0.15, -0.1) is 10.2 Å². The van der Waals surface area contributed by atoms with Crippen molar-refractivity contribution in [3.63, 3.8) is 0 Å². The van der Waals surface area contributed by atoms with Crippen LogP contribution in [0.15, 0.2) is 28.7 Å². The third kappa shape index (κ3) is 3.89. The summed E-state index contributed by atoms with van der Waals surface area (Å²) in [4.78, 5) is 2.21. The van der Waals surface area contributed by atoms with E-state index in [-0.39, 0.29) is 0 Å².